The van der Waals surface area contributed by atoms with E-state index in [4.69, 9.17) is 9.57 Å². The highest BCUT2D eigenvalue weighted by Crippen LogP contribution is 2.31. The van der Waals surface area contributed by atoms with Crippen LogP contribution in [0.4, 0.5) is 18.9 Å². The summed E-state index contributed by atoms with van der Waals surface area (Å²) in [4.78, 5) is 15.7. The van der Waals surface area contributed by atoms with Gasteiger partial charge in [0.25, 0.3) is 0 Å². The van der Waals surface area contributed by atoms with E-state index in [9.17, 15) is 13.2 Å². The zero-order valence-corrected chi connectivity index (χ0v) is 25.1. The van der Waals surface area contributed by atoms with Gasteiger partial charge in [0.1, 0.15) is 27.1 Å². The van der Waals surface area contributed by atoms with Crippen molar-refractivity contribution in [2.45, 2.75) is 25.9 Å². The number of methoxy groups -OCH3 is 1. The molecule has 0 heterocycles. The molecule has 0 saturated heterocycles. The van der Waals surface area contributed by atoms with Crippen LogP contribution in [0.3, 0.4) is 0 Å². The third-order valence-corrected chi connectivity index (χ3v) is 5.48. The lowest BCUT2D eigenvalue weighted by atomic mass is 10.1. The molecular weight excluding hydrogens is 549 g/mol. The molecule has 3 aromatic carbocycles. The van der Waals surface area contributed by atoms with Gasteiger partial charge in [0, 0.05) is 45.1 Å². The van der Waals surface area contributed by atoms with E-state index in [-0.39, 0.29) is 12.0 Å². The summed E-state index contributed by atoms with van der Waals surface area (Å²) >= 11 is 0. The Morgan fingerprint density at radius 3 is 1.95 bits per heavy atom. The van der Waals surface area contributed by atoms with Gasteiger partial charge in [-0.3, -0.25) is 0 Å². The fraction of sp³-hybridized carbons (Fsp3) is 0.323. The molecule has 0 aliphatic carbocycles. The highest BCUT2D eigenvalue weighted by molar-refractivity contribution is 5.98. The molecule has 0 aliphatic rings. The van der Waals surface area contributed by atoms with Crippen molar-refractivity contribution in [2.75, 3.05) is 47.4 Å². The molecule has 11 heteroatoms. The first-order valence-electron chi connectivity index (χ1n) is 12.8. The zero-order valence-electron chi connectivity index (χ0n) is 25.1. The number of benzene rings is 3. The molecule has 0 amide bonds. The minimum absolute atomic E-state index is 0.101. The molecule has 0 unspecified atom stereocenters. The Bertz CT molecular complexity index is 1260. The highest BCUT2D eigenvalue weighted by Gasteiger charge is 2.32. The Hall–Kier alpha value is -4.54. The summed E-state index contributed by atoms with van der Waals surface area (Å²) in [6.07, 6.45) is -0.453. The summed E-state index contributed by atoms with van der Waals surface area (Å²) in [6.45, 7) is 1.92. The lowest BCUT2D eigenvalue weighted by Gasteiger charge is -2.12. The minimum atomic E-state index is -4.32. The average Bonchev–Trinajstić information content (AvgIpc) is 2.98. The van der Waals surface area contributed by atoms with Crippen LogP contribution in [0.1, 0.15) is 29.2 Å². The Balaban J connectivity index is 0.000000316. The van der Waals surface area contributed by atoms with E-state index in [0.29, 0.717) is 0 Å². The summed E-state index contributed by atoms with van der Waals surface area (Å²) < 4.78 is 42.5. The second kappa shape index (κ2) is 19.5. The lowest BCUT2D eigenvalue weighted by Crippen LogP contribution is -2.09. The molecule has 0 spiro atoms. The molecule has 0 aliphatic heterocycles. The summed E-state index contributed by atoms with van der Waals surface area (Å²) in [6, 6.07) is 21.4. The van der Waals surface area contributed by atoms with Gasteiger partial charge in [-0.05, 0) is 53.9 Å². The van der Waals surface area contributed by atoms with E-state index in [1.54, 1.807) is 26.5 Å². The summed E-state index contributed by atoms with van der Waals surface area (Å²) in [5.41, 5.74) is 3.85. The molecular formula is C31H39F3N4O4. The van der Waals surface area contributed by atoms with Gasteiger partial charge in [-0.2, -0.15) is 13.2 Å². The molecule has 0 saturated carbocycles. The van der Waals surface area contributed by atoms with Gasteiger partial charge in [-0.15, -0.1) is 0 Å². The average molecular weight is 589 g/mol. The van der Waals surface area contributed by atoms with Crippen molar-refractivity contribution >= 4 is 23.8 Å². The Morgan fingerprint density at radius 2 is 1.40 bits per heavy atom. The Morgan fingerprint density at radius 1 is 0.786 bits per heavy atom. The zero-order chi connectivity index (χ0) is 31.4. The third-order valence-electron chi connectivity index (χ3n) is 5.48. The summed E-state index contributed by atoms with van der Waals surface area (Å²) in [5, 5.41) is 10.9. The van der Waals surface area contributed by atoms with E-state index in [0.717, 1.165) is 35.1 Å². The molecule has 42 heavy (non-hydrogen) atoms. The fourth-order valence-corrected chi connectivity index (χ4v) is 3.39. The molecule has 0 atom stereocenters. The van der Waals surface area contributed by atoms with Crippen LogP contribution in [-0.4, -0.2) is 60.7 Å². The van der Waals surface area contributed by atoms with E-state index in [1.807, 2.05) is 57.4 Å². The van der Waals surface area contributed by atoms with Crippen LogP contribution in [0.2, 0.25) is 0 Å². The predicted molar refractivity (Wildman–Crippen MR) is 163 cm³/mol. The van der Waals surface area contributed by atoms with E-state index in [2.05, 4.69) is 42.2 Å². The van der Waals surface area contributed by atoms with Crippen molar-refractivity contribution in [3.8, 4) is 5.75 Å². The highest BCUT2D eigenvalue weighted by atomic mass is 19.4. The first-order chi connectivity index (χ1) is 20.1. The second-order valence-corrected chi connectivity index (χ2v) is 8.66. The van der Waals surface area contributed by atoms with Crippen molar-refractivity contribution in [2.24, 2.45) is 15.5 Å². The van der Waals surface area contributed by atoms with Crippen molar-refractivity contribution < 1.29 is 32.4 Å². The van der Waals surface area contributed by atoms with Crippen LogP contribution in [0.25, 0.3) is 0 Å². The van der Waals surface area contributed by atoms with E-state index < -0.39 is 11.7 Å². The molecule has 0 radical (unpaired) electrons. The molecule has 0 fully saturated rings. The number of oxime groups is 3. The number of halogens is 3. The molecule has 0 bridgehead atoms. The number of hydrogen-bond acceptors (Lipinski definition) is 8. The quantitative estimate of drug-likeness (QED) is 0.191. The van der Waals surface area contributed by atoms with Gasteiger partial charge in [0.05, 0.1) is 18.4 Å². The number of hydrogen-bond donors (Lipinski definition) is 0. The first-order valence-corrected chi connectivity index (χ1v) is 12.8. The topological polar surface area (TPSA) is 77.2 Å². The van der Waals surface area contributed by atoms with Crippen molar-refractivity contribution in [3.05, 3.63) is 95.1 Å². The standard InChI is InChI=1S/C11H16N2O.C10H10F3NO.C10H13NO2/c1-9(12-14-4)10-5-7-11(8-6-10)13(2)3;1-15-14-7-6-8-4-2-3-5-9(8)10(11,12)13;1-12-10-5-3-4-9(8-10)6-7-11-13-2/h5-8H,1-4H3;2-5,7H,6H2,1H3;3-5,7-8H,6H2,1-2H3. The smallest absolute Gasteiger partial charge is 0.416 e. The number of rotatable bonds is 10. The number of ether oxygens (including phenoxy) is 1. The number of alkyl halides is 3. The fourth-order valence-electron chi connectivity index (χ4n) is 3.39. The van der Waals surface area contributed by atoms with Crippen molar-refractivity contribution in [1.82, 2.24) is 0 Å². The first kappa shape index (κ1) is 35.5. The lowest BCUT2D eigenvalue weighted by molar-refractivity contribution is -0.138. The van der Waals surface area contributed by atoms with E-state index in [1.165, 1.54) is 38.3 Å². The molecule has 3 aromatic rings. The minimum Gasteiger partial charge on any atom is -0.497 e. The van der Waals surface area contributed by atoms with Gasteiger partial charge < -0.3 is 24.1 Å². The van der Waals surface area contributed by atoms with Gasteiger partial charge in [0.15, 0.2) is 0 Å². The molecule has 8 nitrogen and oxygen atoms in total. The molecule has 0 N–H and O–H groups in total. The number of nitrogens with zero attached hydrogens (tertiary/aromatic N) is 4. The summed E-state index contributed by atoms with van der Waals surface area (Å²) in [5.74, 6) is 0.864. The maximum absolute atomic E-state index is 12.5. The second-order valence-electron chi connectivity index (χ2n) is 8.66. The van der Waals surface area contributed by atoms with E-state index >= 15 is 0 Å². The maximum atomic E-state index is 12.5. The van der Waals surface area contributed by atoms with Crippen LogP contribution < -0.4 is 9.64 Å². The van der Waals surface area contributed by atoms with Crippen molar-refractivity contribution in [3.63, 3.8) is 0 Å². The largest absolute Gasteiger partial charge is 0.497 e. The van der Waals surface area contributed by atoms with Crippen LogP contribution in [0, 0.1) is 0 Å². The summed E-state index contributed by atoms with van der Waals surface area (Å²) in [7, 11) is 10.1. The van der Waals surface area contributed by atoms with Gasteiger partial charge >= 0.3 is 6.18 Å². The number of anilines is 1. The van der Waals surface area contributed by atoms with Crippen molar-refractivity contribution in [1.29, 1.82) is 0 Å². The van der Waals surface area contributed by atoms with Crippen LogP contribution in [0.5, 0.6) is 5.75 Å². The van der Waals surface area contributed by atoms with Gasteiger partial charge in [0.2, 0.25) is 0 Å². The Labute approximate surface area is 246 Å². The SMILES string of the molecule is CON=C(C)c1ccc(N(C)C)cc1.CON=CCc1cccc(OC)c1.CON=CCc1ccccc1C(F)(F)F. The Kier molecular flexibility index (Phi) is 16.5. The monoisotopic (exact) mass is 588 g/mol. The maximum Gasteiger partial charge on any atom is 0.416 e. The third kappa shape index (κ3) is 13.7. The van der Waals surface area contributed by atoms with Gasteiger partial charge in [-0.25, -0.2) is 0 Å². The van der Waals surface area contributed by atoms with Crippen LogP contribution in [0.15, 0.2) is 88.3 Å². The van der Waals surface area contributed by atoms with Gasteiger partial charge in [-0.1, -0.05) is 57.9 Å². The van der Waals surface area contributed by atoms with Crippen LogP contribution in [-0.2, 0) is 33.5 Å². The molecule has 3 rings (SSSR count). The normalized spacial score (nSPS) is 11.2. The molecule has 228 valence electrons. The molecule has 0 aromatic heterocycles. The predicted octanol–water partition coefficient (Wildman–Crippen LogP) is 6.87. The van der Waals surface area contributed by atoms with Crippen LogP contribution >= 0.6 is 0 Å².